The molecule has 0 spiro atoms. The zero-order valence-corrected chi connectivity index (χ0v) is 10.7. The quantitative estimate of drug-likeness (QED) is 0.844. The van der Waals surface area contributed by atoms with Crippen LogP contribution in [0, 0.1) is 11.3 Å². The Balaban J connectivity index is 2.24. The van der Waals surface area contributed by atoms with Gasteiger partial charge in [-0.2, -0.15) is 5.26 Å². The topological polar surface area (TPSA) is 39.1 Å². The first-order chi connectivity index (χ1) is 8.06. The number of hydrogen-bond donors (Lipinski definition) is 1. The van der Waals surface area contributed by atoms with Crippen LogP contribution in [0.5, 0.6) is 0 Å². The third-order valence-corrected chi connectivity index (χ3v) is 3.60. The maximum absolute atomic E-state index is 8.80. The summed E-state index contributed by atoms with van der Waals surface area (Å²) in [7, 11) is 2.02. The highest BCUT2D eigenvalue weighted by molar-refractivity contribution is 5.53. The van der Waals surface area contributed by atoms with E-state index in [1.165, 1.54) is 5.69 Å². The molecule has 0 aliphatic carbocycles. The van der Waals surface area contributed by atoms with Crippen molar-refractivity contribution in [2.24, 2.45) is 0 Å². The summed E-state index contributed by atoms with van der Waals surface area (Å²) in [5, 5.41) is 12.2. The molecule has 0 bridgehead atoms. The standard InChI is InChI=1S/C14H19N3/c1-14(2)8-12(16-3)10-17(14)13-6-4-11(9-15)5-7-13/h4-7,12,16H,8,10H2,1-3H3. The van der Waals surface area contributed by atoms with Gasteiger partial charge in [-0.15, -0.1) is 0 Å². The second kappa shape index (κ2) is 4.38. The van der Waals surface area contributed by atoms with E-state index in [-0.39, 0.29) is 5.54 Å². The summed E-state index contributed by atoms with van der Waals surface area (Å²) in [6, 6.07) is 10.6. The van der Waals surface area contributed by atoms with Crippen LogP contribution in [0.25, 0.3) is 0 Å². The molecule has 0 amide bonds. The summed E-state index contributed by atoms with van der Waals surface area (Å²) < 4.78 is 0. The van der Waals surface area contributed by atoms with Crippen molar-refractivity contribution in [2.45, 2.75) is 31.8 Å². The lowest BCUT2D eigenvalue weighted by molar-refractivity contribution is 0.487. The fraction of sp³-hybridized carbons (Fsp3) is 0.500. The molecule has 1 aromatic rings. The number of likely N-dealkylation sites (N-methyl/N-ethyl adjacent to an activating group) is 1. The van der Waals surface area contributed by atoms with Gasteiger partial charge in [-0.1, -0.05) is 0 Å². The first-order valence-electron chi connectivity index (χ1n) is 6.02. The Morgan fingerprint density at radius 1 is 1.35 bits per heavy atom. The van der Waals surface area contributed by atoms with Crippen LogP contribution in [0.1, 0.15) is 25.8 Å². The van der Waals surface area contributed by atoms with E-state index in [1.807, 2.05) is 31.3 Å². The van der Waals surface area contributed by atoms with Crippen LogP contribution in [0.15, 0.2) is 24.3 Å². The molecule has 2 rings (SSSR count). The van der Waals surface area contributed by atoms with Crippen molar-refractivity contribution in [2.75, 3.05) is 18.5 Å². The predicted octanol–water partition coefficient (Wildman–Crippen LogP) is 2.13. The maximum Gasteiger partial charge on any atom is 0.0991 e. The number of rotatable bonds is 2. The van der Waals surface area contributed by atoms with E-state index in [0.29, 0.717) is 6.04 Å². The molecule has 17 heavy (non-hydrogen) atoms. The predicted molar refractivity (Wildman–Crippen MR) is 70.0 cm³/mol. The van der Waals surface area contributed by atoms with Crippen molar-refractivity contribution in [3.8, 4) is 6.07 Å². The van der Waals surface area contributed by atoms with Crippen molar-refractivity contribution in [1.29, 1.82) is 5.26 Å². The van der Waals surface area contributed by atoms with Gasteiger partial charge in [-0.05, 0) is 51.6 Å². The Hall–Kier alpha value is -1.53. The molecule has 1 fully saturated rings. The molecule has 1 unspecified atom stereocenters. The fourth-order valence-corrected chi connectivity index (χ4v) is 2.61. The van der Waals surface area contributed by atoms with Gasteiger partial charge in [0, 0.05) is 23.8 Å². The molecule has 0 radical (unpaired) electrons. The second-order valence-corrected chi connectivity index (χ2v) is 5.27. The number of anilines is 1. The molecule has 1 aliphatic heterocycles. The lowest BCUT2D eigenvalue weighted by Crippen LogP contribution is -2.38. The molecular weight excluding hydrogens is 210 g/mol. The van der Waals surface area contributed by atoms with Crippen molar-refractivity contribution in [3.05, 3.63) is 29.8 Å². The van der Waals surface area contributed by atoms with Crippen LogP contribution in [0.3, 0.4) is 0 Å². The first-order valence-corrected chi connectivity index (χ1v) is 6.02. The Morgan fingerprint density at radius 3 is 2.47 bits per heavy atom. The molecular formula is C14H19N3. The van der Waals surface area contributed by atoms with E-state index in [9.17, 15) is 0 Å². The van der Waals surface area contributed by atoms with Crippen molar-refractivity contribution < 1.29 is 0 Å². The summed E-state index contributed by atoms with van der Waals surface area (Å²) in [5.41, 5.74) is 2.09. The zero-order chi connectivity index (χ0) is 12.5. The van der Waals surface area contributed by atoms with Gasteiger partial charge >= 0.3 is 0 Å². The summed E-state index contributed by atoms with van der Waals surface area (Å²) in [4.78, 5) is 2.41. The average Bonchev–Trinajstić information content (AvgIpc) is 2.64. The fourth-order valence-electron chi connectivity index (χ4n) is 2.61. The number of benzene rings is 1. The monoisotopic (exact) mass is 229 g/mol. The van der Waals surface area contributed by atoms with Gasteiger partial charge in [0.2, 0.25) is 0 Å². The van der Waals surface area contributed by atoms with E-state index in [2.05, 4.69) is 30.1 Å². The molecule has 0 aromatic heterocycles. The van der Waals surface area contributed by atoms with E-state index in [4.69, 9.17) is 5.26 Å². The molecule has 3 nitrogen and oxygen atoms in total. The molecule has 3 heteroatoms. The Kier molecular flexibility index (Phi) is 3.08. The minimum atomic E-state index is 0.168. The Labute approximate surface area is 103 Å². The maximum atomic E-state index is 8.80. The summed E-state index contributed by atoms with van der Waals surface area (Å²) in [6.45, 7) is 5.56. The third-order valence-electron chi connectivity index (χ3n) is 3.60. The van der Waals surface area contributed by atoms with Crippen LogP contribution in [0.2, 0.25) is 0 Å². The van der Waals surface area contributed by atoms with E-state index < -0.39 is 0 Å². The van der Waals surface area contributed by atoms with Gasteiger partial charge in [0.1, 0.15) is 0 Å². The number of nitrogens with zero attached hydrogens (tertiary/aromatic N) is 2. The van der Waals surface area contributed by atoms with E-state index >= 15 is 0 Å². The van der Waals surface area contributed by atoms with Gasteiger partial charge in [0.15, 0.2) is 0 Å². The molecule has 0 saturated carbocycles. The molecule has 1 saturated heterocycles. The normalized spacial score (nSPS) is 22.5. The summed E-state index contributed by atoms with van der Waals surface area (Å²) in [6.07, 6.45) is 1.14. The smallest absolute Gasteiger partial charge is 0.0991 e. The second-order valence-electron chi connectivity index (χ2n) is 5.27. The molecule has 90 valence electrons. The lowest BCUT2D eigenvalue weighted by Gasteiger charge is -2.33. The Bertz CT molecular complexity index is 428. The van der Waals surface area contributed by atoms with E-state index in [1.54, 1.807) is 0 Å². The minimum Gasteiger partial charge on any atom is -0.365 e. The average molecular weight is 229 g/mol. The van der Waals surface area contributed by atoms with Gasteiger partial charge in [-0.25, -0.2) is 0 Å². The van der Waals surface area contributed by atoms with Crippen LogP contribution >= 0.6 is 0 Å². The highest BCUT2D eigenvalue weighted by Gasteiger charge is 2.37. The van der Waals surface area contributed by atoms with Gasteiger partial charge in [-0.3, -0.25) is 0 Å². The highest BCUT2D eigenvalue weighted by atomic mass is 15.2. The first kappa shape index (κ1) is 11.9. The van der Waals surface area contributed by atoms with Crippen molar-refractivity contribution in [1.82, 2.24) is 5.32 Å². The van der Waals surface area contributed by atoms with Crippen LogP contribution < -0.4 is 10.2 Å². The largest absolute Gasteiger partial charge is 0.365 e. The van der Waals surface area contributed by atoms with Gasteiger partial charge < -0.3 is 10.2 Å². The molecule has 1 atom stereocenters. The van der Waals surface area contributed by atoms with Crippen molar-refractivity contribution >= 4 is 5.69 Å². The van der Waals surface area contributed by atoms with Crippen LogP contribution in [0.4, 0.5) is 5.69 Å². The number of hydrogen-bond acceptors (Lipinski definition) is 3. The SMILES string of the molecule is CNC1CN(c2ccc(C#N)cc2)C(C)(C)C1. The minimum absolute atomic E-state index is 0.168. The van der Waals surface area contributed by atoms with Crippen LogP contribution in [-0.2, 0) is 0 Å². The Morgan fingerprint density at radius 2 is 2.00 bits per heavy atom. The third kappa shape index (κ3) is 2.27. The molecule has 1 aromatic carbocycles. The molecule has 1 N–H and O–H groups in total. The summed E-state index contributed by atoms with van der Waals surface area (Å²) in [5.74, 6) is 0. The van der Waals surface area contributed by atoms with Crippen LogP contribution in [-0.4, -0.2) is 25.2 Å². The zero-order valence-electron chi connectivity index (χ0n) is 10.7. The highest BCUT2D eigenvalue weighted by Crippen LogP contribution is 2.33. The number of nitrogens with one attached hydrogen (secondary N) is 1. The number of nitriles is 1. The lowest BCUT2D eigenvalue weighted by atomic mass is 10.00. The van der Waals surface area contributed by atoms with Crippen molar-refractivity contribution in [3.63, 3.8) is 0 Å². The van der Waals surface area contributed by atoms with Gasteiger partial charge in [0.25, 0.3) is 0 Å². The van der Waals surface area contributed by atoms with Gasteiger partial charge in [0.05, 0.1) is 11.6 Å². The molecule has 1 aliphatic rings. The summed E-state index contributed by atoms with van der Waals surface area (Å²) >= 11 is 0. The molecule has 1 heterocycles. The van der Waals surface area contributed by atoms with E-state index in [0.717, 1.165) is 18.5 Å².